The summed E-state index contributed by atoms with van der Waals surface area (Å²) in [7, 11) is 0. The summed E-state index contributed by atoms with van der Waals surface area (Å²) in [5.74, 6) is 0. The molecular formula is C13H14ClNS. The summed E-state index contributed by atoms with van der Waals surface area (Å²) in [6.07, 6.45) is 1.03. The van der Waals surface area contributed by atoms with Gasteiger partial charge in [0.05, 0.1) is 10.7 Å². The van der Waals surface area contributed by atoms with Gasteiger partial charge in [-0.1, -0.05) is 36.7 Å². The molecule has 0 saturated heterocycles. The minimum atomic E-state index is 0.818. The van der Waals surface area contributed by atoms with E-state index in [1.807, 2.05) is 25.1 Å². The van der Waals surface area contributed by atoms with E-state index in [-0.39, 0.29) is 0 Å². The Morgan fingerprint density at radius 2 is 2.06 bits per heavy atom. The summed E-state index contributed by atoms with van der Waals surface area (Å²) >= 11 is 8.04. The Bertz CT molecular complexity index is 517. The van der Waals surface area contributed by atoms with E-state index in [9.17, 15) is 0 Å². The van der Waals surface area contributed by atoms with Crippen molar-refractivity contribution in [2.24, 2.45) is 0 Å². The Morgan fingerprint density at radius 3 is 2.69 bits per heavy atom. The van der Waals surface area contributed by atoms with Gasteiger partial charge in [-0.3, -0.25) is 0 Å². The molecule has 0 unspecified atom stereocenters. The predicted molar refractivity (Wildman–Crippen MR) is 71.4 cm³/mol. The van der Waals surface area contributed by atoms with Crippen molar-refractivity contribution in [3.63, 3.8) is 0 Å². The van der Waals surface area contributed by atoms with Crippen molar-refractivity contribution in [1.82, 2.24) is 4.98 Å². The van der Waals surface area contributed by atoms with Crippen LogP contribution in [0.15, 0.2) is 18.2 Å². The molecule has 16 heavy (non-hydrogen) atoms. The van der Waals surface area contributed by atoms with E-state index in [0.29, 0.717) is 0 Å². The molecule has 1 aromatic carbocycles. The predicted octanol–water partition coefficient (Wildman–Crippen LogP) is 4.64. The normalized spacial score (nSPS) is 10.8. The highest BCUT2D eigenvalue weighted by molar-refractivity contribution is 7.15. The number of benzene rings is 1. The topological polar surface area (TPSA) is 12.9 Å². The quantitative estimate of drug-likeness (QED) is 0.758. The SMILES string of the molecule is CCc1sc(-c2cccc(C)c2Cl)nc1C. The van der Waals surface area contributed by atoms with Crippen molar-refractivity contribution in [3.05, 3.63) is 39.4 Å². The molecule has 0 fully saturated rings. The number of rotatable bonds is 2. The lowest BCUT2D eigenvalue weighted by Gasteiger charge is -2.02. The van der Waals surface area contributed by atoms with Crippen LogP contribution in [0.3, 0.4) is 0 Å². The third-order valence-electron chi connectivity index (χ3n) is 2.64. The zero-order valence-electron chi connectivity index (χ0n) is 9.67. The maximum absolute atomic E-state index is 6.30. The fourth-order valence-electron chi connectivity index (χ4n) is 1.68. The van der Waals surface area contributed by atoms with Gasteiger partial charge in [0.1, 0.15) is 5.01 Å². The van der Waals surface area contributed by atoms with Gasteiger partial charge in [0, 0.05) is 10.4 Å². The molecule has 0 aliphatic carbocycles. The lowest BCUT2D eigenvalue weighted by molar-refractivity contribution is 1.11. The van der Waals surface area contributed by atoms with Gasteiger partial charge in [-0.25, -0.2) is 4.98 Å². The van der Waals surface area contributed by atoms with Crippen LogP contribution in [0.4, 0.5) is 0 Å². The molecular weight excluding hydrogens is 238 g/mol. The van der Waals surface area contributed by atoms with Crippen molar-refractivity contribution in [1.29, 1.82) is 0 Å². The molecule has 1 aromatic heterocycles. The lowest BCUT2D eigenvalue weighted by atomic mass is 10.1. The number of hydrogen-bond acceptors (Lipinski definition) is 2. The molecule has 0 saturated carbocycles. The van der Waals surface area contributed by atoms with Crippen LogP contribution >= 0.6 is 22.9 Å². The Balaban J connectivity index is 2.54. The number of thiazole rings is 1. The third kappa shape index (κ3) is 2.00. The van der Waals surface area contributed by atoms with Gasteiger partial charge in [0.2, 0.25) is 0 Å². The number of hydrogen-bond donors (Lipinski definition) is 0. The van der Waals surface area contributed by atoms with Gasteiger partial charge in [-0.2, -0.15) is 0 Å². The molecule has 0 aliphatic heterocycles. The average Bonchev–Trinajstić information content (AvgIpc) is 2.63. The molecule has 1 heterocycles. The molecule has 0 aliphatic rings. The summed E-state index contributed by atoms with van der Waals surface area (Å²) < 4.78 is 0. The van der Waals surface area contributed by atoms with Crippen LogP contribution in [0.1, 0.15) is 23.1 Å². The van der Waals surface area contributed by atoms with Crippen molar-refractivity contribution in [2.45, 2.75) is 27.2 Å². The second-order valence-corrected chi connectivity index (χ2v) is 5.28. The van der Waals surface area contributed by atoms with Crippen molar-refractivity contribution >= 4 is 22.9 Å². The van der Waals surface area contributed by atoms with Crippen LogP contribution in [-0.4, -0.2) is 4.98 Å². The minimum absolute atomic E-state index is 0.818. The van der Waals surface area contributed by atoms with Gasteiger partial charge >= 0.3 is 0 Å². The van der Waals surface area contributed by atoms with Gasteiger partial charge < -0.3 is 0 Å². The molecule has 1 nitrogen and oxygen atoms in total. The van der Waals surface area contributed by atoms with Gasteiger partial charge in [0.25, 0.3) is 0 Å². The smallest absolute Gasteiger partial charge is 0.125 e. The Hall–Kier alpha value is -0.860. The van der Waals surface area contributed by atoms with Crippen LogP contribution in [0, 0.1) is 13.8 Å². The fraction of sp³-hybridized carbons (Fsp3) is 0.308. The van der Waals surface area contributed by atoms with Gasteiger partial charge in [-0.15, -0.1) is 11.3 Å². The molecule has 84 valence electrons. The molecule has 0 bridgehead atoms. The van der Waals surface area contributed by atoms with Crippen molar-refractivity contribution in [3.8, 4) is 10.6 Å². The van der Waals surface area contributed by atoms with E-state index in [0.717, 1.165) is 33.3 Å². The van der Waals surface area contributed by atoms with Crippen molar-refractivity contribution < 1.29 is 0 Å². The van der Waals surface area contributed by atoms with Crippen LogP contribution < -0.4 is 0 Å². The lowest BCUT2D eigenvalue weighted by Crippen LogP contribution is -1.82. The maximum Gasteiger partial charge on any atom is 0.125 e. The highest BCUT2D eigenvalue weighted by Gasteiger charge is 2.11. The van der Waals surface area contributed by atoms with Crippen LogP contribution in [0.25, 0.3) is 10.6 Å². The summed E-state index contributed by atoms with van der Waals surface area (Å²) in [6.45, 7) is 6.23. The van der Waals surface area contributed by atoms with E-state index in [1.54, 1.807) is 11.3 Å². The van der Waals surface area contributed by atoms with E-state index < -0.39 is 0 Å². The zero-order valence-corrected chi connectivity index (χ0v) is 11.2. The number of nitrogens with zero attached hydrogens (tertiary/aromatic N) is 1. The molecule has 3 heteroatoms. The van der Waals surface area contributed by atoms with Gasteiger partial charge in [0.15, 0.2) is 0 Å². The average molecular weight is 252 g/mol. The summed E-state index contributed by atoms with van der Waals surface area (Å²) in [5, 5.41) is 1.85. The zero-order chi connectivity index (χ0) is 11.7. The van der Waals surface area contributed by atoms with E-state index in [2.05, 4.69) is 18.8 Å². The molecule has 0 N–H and O–H groups in total. The fourth-order valence-corrected chi connectivity index (χ4v) is 2.99. The first-order valence-corrected chi connectivity index (χ1v) is 6.54. The van der Waals surface area contributed by atoms with E-state index >= 15 is 0 Å². The van der Waals surface area contributed by atoms with Crippen LogP contribution in [0.2, 0.25) is 5.02 Å². The Labute approximate surface area is 105 Å². The molecule has 0 spiro atoms. The summed E-state index contributed by atoms with van der Waals surface area (Å²) in [6, 6.07) is 6.08. The molecule has 0 radical (unpaired) electrons. The third-order valence-corrected chi connectivity index (χ3v) is 4.47. The monoisotopic (exact) mass is 251 g/mol. The van der Waals surface area contributed by atoms with E-state index in [1.165, 1.54) is 4.88 Å². The van der Waals surface area contributed by atoms with Crippen LogP contribution in [-0.2, 0) is 6.42 Å². The second-order valence-electron chi connectivity index (χ2n) is 3.82. The summed E-state index contributed by atoms with van der Waals surface area (Å²) in [4.78, 5) is 5.93. The first-order valence-electron chi connectivity index (χ1n) is 5.35. The number of halogens is 1. The standard InChI is InChI=1S/C13H14ClNS/c1-4-11-9(3)15-13(16-11)10-7-5-6-8(2)12(10)14/h5-7H,4H2,1-3H3. The van der Waals surface area contributed by atoms with Gasteiger partial charge in [-0.05, 0) is 25.8 Å². The van der Waals surface area contributed by atoms with Crippen LogP contribution in [0.5, 0.6) is 0 Å². The highest BCUT2D eigenvalue weighted by atomic mass is 35.5. The first kappa shape index (κ1) is 11.6. The molecule has 2 aromatic rings. The summed E-state index contributed by atoms with van der Waals surface area (Å²) in [5.41, 5.74) is 3.28. The number of aryl methyl sites for hydroxylation is 3. The highest BCUT2D eigenvalue weighted by Crippen LogP contribution is 2.34. The molecule has 0 amide bonds. The van der Waals surface area contributed by atoms with E-state index in [4.69, 9.17) is 11.6 Å². The first-order chi connectivity index (χ1) is 7.63. The minimum Gasteiger partial charge on any atom is -0.241 e. The van der Waals surface area contributed by atoms with Crippen molar-refractivity contribution in [2.75, 3.05) is 0 Å². The maximum atomic E-state index is 6.30. The Morgan fingerprint density at radius 1 is 1.31 bits per heavy atom. The second kappa shape index (κ2) is 4.56. The molecule has 0 atom stereocenters. The Kier molecular flexibility index (Phi) is 3.31. The largest absolute Gasteiger partial charge is 0.241 e. The number of aromatic nitrogens is 1. The molecule has 2 rings (SSSR count).